The van der Waals surface area contributed by atoms with E-state index in [1.165, 1.54) is 25.7 Å². The van der Waals surface area contributed by atoms with Gasteiger partial charge in [0, 0.05) is 6.04 Å². The second kappa shape index (κ2) is 4.80. The molecule has 0 N–H and O–H groups in total. The zero-order valence-corrected chi connectivity index (χ0v) is 10.5. The summed E-state index contributed by atoms with van der Waals surface area (Å²) >= 11 is 2.51. The number of nitrogens with zero attached hydrogens (tertiary/aromatic N) is 1. The molecule has 2 heteroatoms. The highest BCUT2D eigenvalue weighted by Gasteiger charge is 2.26. The van der Waals surface area contributed by atoms with Crippen molar-refractivity contribution in [2.45, 2.75) is 49.6 Å². The molecule has 1 saturated carbocycles. The summed E-state index contributed by atoms with van der Waals surface area (Å²) in [6.45, 7) is 4.68. The maximum atomic E-state index is 2.53. The van der Waals surface area contributed by atoms with Gasteiger partial charge in [-0.15, -0.1) is 0 Å². The summed E-state index contributed by atoms with van der Waals surface area (Å²) < 4.78 is 0.674. The van der Waals surface area contributed by atoms with Crippen molar-refractivity contribution in [2.24, 2.45) is 5.92 Å². The lowest BCUT2D eigenvalue weighted by molar-refractivity contribution is 0.140. The van der Waals surface area contributed by atoms with Crippen LogP contribution in [-0.4, -0.2) is 22.0 Å². The van der Waals surface area contributed by atoms with Crippen molar-refractivity contribution in [2.75, 3.05) is 7.05 Å². The van der Waals surface area contributed by atoms with Gasteiger partial charge in [-0.2, -0.15) is 0 Å². The van der Waals surface area contributed by atoms with Crippen molar-refractivity contribution in [3.63, 3.8) is 0 Å². The molecule has 1 aliphatic rings. The molecular formula is C10H20IN. The average molecular weight is 281 g/mol. The van der Waals surface area contributed by atoms with Gasteiger partial charge in [-0.3, -0.25) is 4.90 Å². The molecule has 0 aromatic carbocycles. The lowest BCUT2D eigenvalue weighted by Crippen LogP contribution is -2.41. The van der Waals surface area contributed by atoms with Gasteiger partial charge >= 0.3 is 0 Å². The van der Waals surface area contributed by atoms with Crippen molar-refractivity contribution >= 4 is 22.6 Å². The number of hydrogen-bond acceptors (Lipinski definition) is 1. The average Bonchev–Trinajstić information content (AvgIpc) is 2.04. The first-order valence-corrected chi connectivity index (χ1v) is 6.23. The molecule has 3 atom stereocenters. The van der Waals surface area contributed by atoms with E-state index in [1.807, 2.05) is 0 Å². The molecule has 12 heavy (non-hydrogen) atoms. The third kappa shape index (κ3) is 2.59. The fourth-order valence-corrected chi connectivity index (χ4v) is 2.58. The van der Waals surface area contributed by atoms with Crippen LogP contribution in [0.5, 0.6) is 0 Å². The predicted octanol–water partition coefficient (Wildman–Crippen LogP) is 3.28. The number of alkyl halides is 1. The molecule has 0 aliphatic heterocycles. The first-order chi connectivity index (χ1) is 5.63. The molecule has 0 aromatic heterocycles. The van der Waals surface area contributed by atoms with Gasteiger partial charge < -0.3 is 0 Å². The van der Waals surface area contributed by atoms with Gasteiger partial charge in [0.05, 0.1) is 4.05 Å². The van der Waals surface area contributed by atoms with Crippen LogP contribution in [0.1, 0.15) is 39.5 Å². The SMILES string of the molecule is CC(I)N(C)[C@H]1CCCC[C@@H]1C. The lowest BCUT2D eigenvalue weighted by Gasteiger charge is -2.37. The maximum Gasteiger partial charge on any atom is 0.0589 e. The normalized spacial score (nSPS) is 33.8. The summed E-state index contributed by atoms with van der Waals surface area (Å²) in [5.41, 5.74) is 0. The van der Waals surface area contributed by atoms with Crippen LogP contribution in [0.2, 0.25) is 0 Å². The zero-order valence-electron chi connectivity index (χ0n) is 8.39. The first kappa shape index (κ1) is 10.8. The number of halogens is 1. The summed E-state index contributed by atoms with van der Waals surface area (Å²) in [5.74, 6) is 0.904. The van der Waals surface area contributed by atoms with E-state index in [1.54, 1.807) is 0 Å². The van der Waals surface area contributed by atoms with Crippen LogP contribution in [0, 0.1) is 5.92 Å². The largest absolute Gasteiger partial charge is 0.292 e. The number of rotatable bonds is 2. The van der Waals surface area contributed by atoms with Crippen LogP contribution in [0.4, 0.5) is 0 Å². The third-order valence-corrected chi connectivity index (χ3v) is 4.03. The lowest BCUT2D eigenvalue weighted by atomic mass is 9.85. The molecule has 1 aliphatic carbocycles. The molecule has 72 valence electrons. The summed E-state index contributed by atoms with van der Waals surface area (Å²) in [5, 5.41) is 0. The van der Waals surface area contributed by atoms with Gasteiger partial charge in [0.1, 0.15) is 0 Å². The minimum atomic E-state index is 0.674. The van der Waals surface area contributed by atoms with Crippen LogP contribution in [-0.2, 0) is 0 Å². The molecule has 0 amide bonds. The fourth-order valence-electron chi connectivity index (χ4n) is 2.17. The molecular weight excluding hydrogens is 261 g/mol. The van der Waals surface area contributed by atoms with E-state index < -0.39 is 0 Å². The molecule has 1 unspecified atom stereocenters. The van der Waals surface area contributed by atoms with Gasteiger partial charge in [0.2, 0.25) is 0 Å². The minimum absolute atomic E-state index is 0.674. The Kier molecular flexibility index (Phi) is 4.30. The molecule has 1 fully saturated rings. The highest BCUT2D eigenvalue weighted by molar-refractivity contribution is 14.1. The quantitative estimate of drug-likeness (QED) is 0.426. The van der Waals surface area contributed by atoms with Crippen LogP contribution in [0.3, 0.4) is 0 Å². The van der Waals surface area contributed by atoms with E-state index in [-0.39, 0.29) is 0 Å². The highest BCUT2D eigenvalue weighted by Crippen LogP contribution is 2.29. The maximum absolute atomic E-state index is 2.53. The summed E-state index contributed by atoms with van der Waals surface area (Å²) in [6, 6.07) is 0.839. The van der Waals surface area contributed by atoms with E-state index in [0.717, 1.165) is 12.0 Å². The molecule has 0 spiro atoms. The van der Waals surface area contributed by atoms with Crippen molar-refractivity contribution in [1.29, 1.82) is 0 Å². The predicted molar refractivity (Wildman–Crippen MR) is 62.7 cm³/mol. The van der Waals surface area contributed by atoms with Crippen molar-refractivity contribution in [3.8, 4) is 0 Å². The smallest absolute Gasteiger partial charge is 0.0589 e. The van der Waals surface area contributed by atoms with E-state index >= 15 is 0 Å². The monoisotopic (exact) mass is 281 g/mol. The van der Waals surface area contributed by atoms with Gasteiger partial charge in [0.15, 0.2) is 0 Å². The van der Waals surface area contributed by atoms with Crippen LogP contribution >= 0.6 is 22.6 Å². The Morgan fingerprint density at radius 2 is 1.92 bits per heavy atom. The molecule has 0 radical (unpaired) electrons. The highest BCUT2D eigenvalue weighted by atomic mass is 127. The van der Waals surface area contributed by atoms with E-state index in [4.69, 9.17) is 0 Å². The minimum Gasteiger partial charge on any atom is -0.292 e. The van der Waals surface area contributed by atoms with E-state index in [9.17, 15) is 0 Å². The Labute approximate surface area is 90.0 Å². The van der Waals surface area contributed by atoms with Gasteiger partial charge in [0.25, 0.3) is 0 Å². The Morgan fingerprint density at radius 3 is 2.42 bits per heavy atom. The second-order valence-electron chi connectivity index (χ2n) is 4.07. The molecule has 1 rings (SSSR count). The summed E-state index contributed by atoms with van der Waals surface area (Å²) in [6.07, 6.45) is 5.72. The Balaban J connectivity index is 2.47. The Morgan fingerprint density at radius 1 is 1.33 bits per heavy atom. The molecule has 1 nitrogen and oxygen atoms in total. The van der Waals surface area contributed by atoms with Crippen molar-refractivity contribution < 1.29 is 0 Å². The molecule has 0 bridgehead atoms. The summed E-state index contributed by atoms with van der Waals surface area (Å²) in [4.78, 5) is 2.53. The standard InChI is InChI=1S/C10H20IN/c1-8-6-4-5-7-10(8)12(3)9(2)11/h8-10H,4-7H2,1-3H3/t8-,9?,10-/m0/s1. The van der Waals surface area contributed by atoms with E-state index in [0.29, 0.717) is 4.05 Å². The van der Waals surface area contributed by atoms with Crippen LogP contribution in [0.15, 0.2) is 0 Å². The first-order valence-electron chi connectivity index (χ1n) is 4.99. The molecule has 0 aromatic rings. The second-order valence-corrected chi connectivity index (χ2v) is 5.87. The van der Waals surface area contributed by atoms with Gasteiger partial charge in [-0.25, -0.2) is 0 Å². The summed E-state index contributed by atoms with van der Waals surface area (Å²) in [7, 11) is 2.27. The Bertz CT molecular complexity index is 136. The van der Waals surface area contributed by atoms with E-state index in [2.05, 4.69) is 48.4 Å². The van der Waals surface area contributed by atoms with Crippen molar-refractivity contribution in [1.82, 2.24) is 4.90 Å². The fraction of sp³-hybridized carbons (Fsp3) is 1.00. The molecule has 0 saturated heterocycles. The topological polar surface area (TPSA) is 3.24 Å². The van der Waals surface area contributed by atoms with Crippen LogP contribution in [0.25, 0.3) is 0 Å². The van der Waals surface area contributed by atoms with Crippen LogP contribution < -0.4 is 0 Å². The zero-order chi connectivity index (χ0) is 9.14. The third-order valence-electron chi connectivity index (χ3n) is 3.15. The Hall–Kier alpha value is 0.690. The van der Waals surface area contributed by atoms with Crippen molar-refractivity contribution in [3.05, 3.63) is 0 Å². The van der Waals surface area contributed by atoms with Gasteiger partial charge in [-0.05, 0) is 32.7 Å². The molecule has 0 heterocycles. The number of hydrogen-bond donors (Lipinski definition) is 0. The van der Waals surface area contributed by atoms with Gasteiger partial charge in [-0.1, -0.05) is 42.4 Å².